The smallest absolute Gasteiger partial charge is 0.0991 e. The minimum Gasteiger partial charge on any atom is -0.396 e. The normalized spacial score (nSPS) is 14.9. The molecular formula is C12H19Cl2NOS. The van der Waals surface area contributed by atoms with E-state index in [1.54, 1.807) is 0 Å². The average molecular weight is 296 g/mol. The van der Waals surface area contributed by atoms with E-state index in [1.165, 1.54) is 11.3 Å². The van der Waals surface area contributed by atoms with Gasteiger partial charge in [0.1, 0.15) is 0 Å². The summed E-state index contributed by atoms with van der Waals surface area (Å²) in [5.74, 6) is 0.510. The van der Waals surface area contributed by atoms with Gasteiger partial charge in [-0.25, -0.2) is 0 Å². The summed E-state index contributed by atoms with van der Waals surface area (Å²) >= 11 is 13.4. The lowest BCUT2D eigenvalue weighted by Crippen LogP contribution is -2.26. The zero-order valence-corrected chi connectivity index (χ0v) is 12.5. The van der Waals surface area contributed by atoms with Crippen molar-refractivity contribution >= 4 is 34.5 Å². The molecule has 2 unspecified atom stereocenters. The zero-order valence-electron chi connectivity index (χ0n) is 10.2. The van der Waals surface area contributed by atoms with Gasteiger partial charge in [-0.1, -0.05) is 36.5 Å². The molecule has 0 saturated heterocycles. The summed E-state index contributed by atoms with van der Waals surface area (Å²) in [6.45, 7) is 5.36. The van der Waals surface area contributed by atoms with Gasteiger partial charge in [-0.2, -0.15) is 0 Å². The van der Waals surface area contributed by atoms with Gasteiger partial charge in [-0.05, 0) is 37.4 Å². The Morgan fingerprint density at radius 2 is 2.18 bits per heavy atom. The number of rotatable bonds is 7. The van der Waals surface area contributed by atoms with E-state index < -0.39 is 0 Å². The second-order valence-corrected chi connectivity index (χ2v) is 6.48. The molecule has 1 rings (SSSR count). The Balaban J connectivity index is 2.49. The number of thiophene rings is 1. The maximum absolute atomic E-state index is 8.93. The topological polar surface area (TPSA) is 32.3 Å². The average Bonchev–Trinajstić information content (AvgIpc) is 2.63. The van der Waals surface area contributed by atoms with E-state index in [0.29, 0.717) is 5.92 Å². The highest BCUT2D eigenvalue weighted by Gasteiger charge is 2.14. The molecule has 17 heavy (non-hydrogen) atoms. The number of halogens is 2. The van der Waals surface area contributed by atoms with Crippen LogP contribution in [0.2, 0.25) is 8.67 Å². The van der Waals surface area contributed by atoms with E-state index in [2.05, 4.69) is 19.2 Å². The number of nitrogens with one attached hydrogen (secondary N) is 1. The van der Waals surface area contributed by atoms with Crippen LogP contribution in [0, 0.1) is 5.92 Å². The van der Waals surface area contributed by atoms with Gasteiger partial charge in [0.15, 0.2) is 0 Å². The molecule has 0 aliphatic rings. The highest BCUT2D eigenvalue weighted by molar-refractivity contribution is 7.20. The van der Waals surface area contributed by atoms with E-state index in [4.69, 9.17) is 28.3 Å². The molecule has 2 N–H and O–H groups in total. The third-order valence-corrected chi connectivity index (χ3v) is 4.49. The van der Waals surface area contributed by atoms with Crippen molar-refractivity contribution in [3.63, 3.8) is 0 Å². The molecule has 5 heteroatoms. The Labute approximate surface area is 117 Å². The van der Waals surface area contributed by atoms with E-state index in [9.17, 15) is 0 Å². The van der Waals surface area contributed by atoms with Gasteiger partial charge in [0.05, 0.1) is 8.67 Å². The first-order valence-corrected chi connectivity index (χ1v) is 7.44. The molecule has 0 radical (unpaired) electrons. The number of aliphatic hydroxyl groups is 1. The monoisotopic (exact) mass is 295 g/mol. The van der Waals surface area contributed by atoms with Crippen molar-refractivity contribution in [1.82, 2.24) is 5.32 Å². The molecule has 0 saturated carbocycles. The van der Waals surface area contributed by atoms with E-state index in [1.807, 2.05) is 6.07 Å². The van der Waals surface area contributed by atoms with Gasteiger partial charge in [-0.3, -0.25) is 0 Å². The summed E-state index contributed by atoms with van der Waals surface area (Å²) in [7, 11) is 0. The second kappa shape index (κ2) is 7.59. The van der Waals surface area contributed by atoms with Crippen LogP contribution in [0.15, 0.2) is 6.07 Å². The van der Waals surface area contributed by atoms with Crippen LogP contribution in [0.5, 0.6) is 0 Å². The Hall–Kier alpha value is 0.200. The lowest BCUT2D eigenvalue weighted by Gasteiger charge is -2.18. The largest absolute Gasteiger partial charge is 0.396 e. The lowest BCUT2D eigenvalue weighted by atomic mass is 10.0. The maximum atomic E-state index is 8.93. The molecule has 1 aromatic rings. The molecule has 0 aliphatic heterocycles. The summed E-state index contributed by atoms with van der Waals surface area (Å²) in [6, 6.07) is 2.11. The maximum Gasteiger partial charge on any atom is 0.0991 e. The van der Waals surface area contributed by atoms with Crippen LogP contribution in [0.4, 0.5) is 0 Å². The van der Waals surface area contributed by atoms with Crippen molar-refractivity contribution in [3.05, 3.63) is 20.3 Å². The number of hydrogen-bond donors (Lipinski definition) is 2. The van der Waals surface area contributed by atoms with Gasteiger partial charge >= 0.3 is 0 Å². The summed E-state index contributed by atoms with van der Waals surface area (Å²) in [5.41, 5.74) is 1.06. The molecule has 0 aromatic carbocycles. The van der Waals surface area contributed by atoms with Crippen molar-refractivity contribution in [2.75, 3.05) is 13.2 Å². The Bertz CT molecular complexity index is 343. The van der Waals surface area contributed by atoms with Crippen LogP contribution >= 0.6 is 34.5 Å². The van der Waals surface area contributed by atoms with E-state index in [-0.39, 0.29) is 12.6 Å². The van der Waals surface area contributed by atoms with Gasteiger partial charge in [0, 0.05) is 12.6 Å². The van der Waals surface area contributed by atoms with Crippen LogP contribution in [0.25, 0.3) is 0 Å². The SMILES string of the molecule is CCC(CCO)CNC(C)c1cc(Cl)sc1Cl. The van der Waals surface area contributed by atoms with Crippen LogP contribution < -0.4 is 5.32 Å². The second-order valence-electron chi connectivity index (χ2n) is 4.20. The molecule has 0 spiro atoms. The van der Waals surface area contributed by atoms with Crippen LogP contribution in [0.3, 0.4) is 0 Å². The molecular weight excluding hydrogens is 277 g/mol. The predicted octanol–water partition coefficient (Wildman–Crippen LogP) is 4.11. The molecule has 98 valence electrons. The standard InChI is InChI=1S/C12H19Cl2NOS/c1-3-9(4-5-16)7-15-8(2)10-6-11(13)17-12(10)14/h6,8-9,15-16H,3-5,7H2,1-2H3. The van der Waals surface area contributed by atoms with Crippen molar-refractivity contribution in [3.8, 4) is 0 Å². The molecule has 1 aromatic heterocycles. The molecule has 2 nitrogen and oxygen atoms in total. The van der Waals surface area contributed by atoms with Gasteiger partial charge < -0.3 is 10.4 Å². The van der Waals surface area contributed by atoms with Crippen molar-refractivity contribution < 1.29 is 5.11 Å². The minimum absolute atomic E-state index is 0.194. The first-order chi connectivity index (χ1) is 8.08. The number of hydrogen-bond acceptors (Lipinski definition) is 3. The Morgan fingerprint density at radius 3 is 2.65 bits per heavy atom. The van der Waals surface area contributed by atoms with Crippen LogP contribution in [0.1, 0.15) is 38.3 Å². The molecule has 2 atom stereocenters. The quantitative estimate of drug-likeness (QED) is 0.793. The molecule has 0 amide bonds. The van der Waals surface area contributed by atoms with Gasteiger partial charge in [0.25, 0.3) is 0 Å². The highest BCUT2D eigenvalue weighted by atomic mass is 35.5. The fourth-order valence-electron chi connectivity index (χ4n) is 1.73. The Kier molecular flexibility index (Phi) is 6.82. The van der Waals surface area contributed by atoms with E-state index in [0.717, 1.165) is 33.6 Å². The first-order valence-electron chi connectivity index (χ1n) is 5.87. The van der Waals surface area contributed by atoms with Crippen molar-refractivity contribution in [1.29, 1.82) is 0 Å². The van der Waals surface area contributed by atoms with Crippen molar-refractivity contribution in [2.24, 2.45) is 5.92 Å². The highest BCUT2D eigenvalue weighted by Crippen LogP contribution is 2.34. The third kappa shape index (κ3) is 4.76. The Morgan fingerprint density at radius 1 is 1.47 bits per heavy atom. The van der Waals surface area contributed by atoms with Crippen LogP contribution in [-0.4, -0.2) is 18.3 Å². The summed E-state index contributed by atoms with van der Waals surface area (Å²) in [4.78, 5) is 0. The summed E-state index contributed by atoms with van der Waals surface area (Å²) in [6.07, 6.45) is 1.91. The third-order valence-electron chi connectivity index (χ3n) is 2.98. The van der Waals surface area contributed by atoms with E-state index >= 15 is 0 Å². The zero-order chi connectivity index (χ0) is 12.8. The predicted molar refractivity (Wildman–Crippen MR) is 76.2 cm³/mol. The fraction of sp³-hybridized carbons (Fsp3) is 0.667. The van der Waals surface area contributed by atoms with Crippen LogP contribution in [-0.2, 0) is 0 Å². The first kappa shape index (κ1) is 15.3. The summed E-state index contributed by atoms with van der Waals surface area (Å²) in [5, 5.41) is 12.4. The minimum atomic E-state index is 0.194. The molecule has 0 aliphatic carbocycles. The fourth-order valence-corrected chi connectivity index (χ4v) is 3.38. The lowest BCUT2D eigenvalue weighted by molar-refractivity contribution is 0.249. The number of aliphatic hydroxyl groups excluding tert-OH is 1. The van der Waals surface area contributed by atoms with Gasteiger partial charge in [-0.15, -0.1) is 11.3 Å². The van der Waals surface area contributed by atoms with Gasteiger partial charge in [0.2, 0.25) is 0 Å². The summed E-state index contributed by atoms with van der Waals surface area (Å²) < 4.78 is 1.48. The molecule has 1 heterocycles. The van der Waals surface area contributed by atoms with Crippen molar-refractivity contribution in [2.45, 2.75) is 32.7 Å². The molecule has 0 fully saturated rings. The molecule has 0 bridgehead atoms.